The van der Waals surface area contributed by atoms with Crippen LogP contribution in [0.25, 0.3) is 0 Å². The molecule has 1 rings (SSSR count). The fourth-order valence-electron chi connectivity index (χ4n) is 1.32. The summed E-state index contributed by atoms with van der Waals surface area (Å²) in [6, 6.07) is 2.81. The number of hydrogen-bond acceptors (Lipinski definition) is 5. The molecule has 0 bridgehead atoms. The van der Waals surface area contributed by atoms with Gasteiger partial charge in [0.2, 0.25) is 5.88 Å². The van der Waals surface area contributed by atoms with Crippen LogP contribution in [-0.4, -0.2) is 18.5 Å². The van der Waals surface area contributed by atoms with E-state index in [0.717, 1.165) is 6.07 Å². The Balaban J connectivity index is 3.27. The van der Waals surface area contributed by atoms with Crippen LogP contribution in [-0.2, 0) is 13.0 Å². The first-order valence-corrected chi connectivity index (χ1v) is 4.80. The average Bonchev–Trinajstić information content (AvgIpc) is 2.26. The molecule has 1 heterocycles. The van der Waals surface area contributed by atoms with Crippen molar-refractivity contribution in [3.8, 4) is 17.7 Å². The van der Waals surface area contributed by atoms with Crippen LogP contribution < -0.4 is 15.2 Å². The summed E-state index contributed by atoms with van der Waals surface area (Å²) in [4.78, 5) is 3.87. The van der Waals surface area contributed by atoms with E-state index in [9.17, 15) is 13.2 Å². The highest BCUT2D eigenvalue weighted by atomic mass is 19.4. The predicted molar refractivity (Wildman–Crippen MR) is 54.7 cm³/mol. The van der Waals surface area contributed by atoms with Crippen molar-refractivity contribution in [2.75, 3.05) is 7.11 Å². The number of nitriles is 1. The molecule has 0 saturated heterocycles. The van der Waals surface area contributed by atoms with Gasteiger partial charge in [0.15, 0.2) is 0 Å². The fourth-order valence-corrected chi connectivity index (χ4v) is 1.32. The van der Waals surface area contributed by atoms with E-state index >= 15 is 0 Å². The summed E-state index contributed by atoms with van der Waals surface area (Å²) in [6.45, 7) is -0.228. The van der Waals surface area contributed by atoms with E-state index in [2.05, 4.69) is 9.72 Å². The van der Waals surface area contributed by atoms with E-state index in [1.54, 1.807) is 6.07 Å². The van der Waals surface area contributed by atoms with E-state index in [-0.39, 0.29) is 30.1 Å². The van der Waals surface area contributed by atoms with Crippen LogP contribution in [0.2, 0.25) is 0 Å². The van der Waals surface area contributed by atoms with Gasteiger partial charge in [-0.1, -0.05) is 0 Å². The summed E-state index contributed by atoms with van der Waals surface area (Å²) in [5, 5.41) is 8.51. The lowest BCUT2D eigenvalue weighted by molar-refractivity contribution is -0.274. The molecule has 0 spiro atoms. The highest BCUT2D eigenvalue weighted by Crippen LogP contribution is 2.31. The van der Waals surface area contributed by atoms with E-state index < -0.39 is 12.1 Å². The number of nitrogens with zero attached hydrogens (tertiary/aromatic N) is 2. The SMILES string of the molecule is COc1nc(CC#N)cc(OC(F)(F)F)c1CN. The van der Waals surface area contributed by atoms with Gasteiger partial charge in [-0.15, -0.1) is 13.2 Å². The van der Waals surface area contributed by atoms with Crippen molar-refractivity contribution in [1.29, 1.82) is 5.26 Å². The topological polar surface area (TPSA) is 81.2 Å². The number of alkyl halides is 3. The Morgan fingerprint density at radius 1 is 1.50 bits per heavy atom. The molecule has 0 aromatic carbocycles. The number of pyridine rings is 1. The molecule has 0 fully saturated rings. The molecule has 18 heavy (non-hydrogen) atoms. The van der Waals surface area contributed by atoms with Crippen molar-refractivity contribution in [3.63, 3.8) is 0 Å². The largest absolute Gasteiger partial charge is 0.573 e. The minimum Gasteiger partial charge on any atom is -0.481 e. The molecule has 1 aromatic rings. The maximum Gasteiger partial charge on any atom is 0.573 e. The van der Waals surface area contributed by atoms with Gasteiger partial charge in [0.25, 0.3) is 0 Å². The molecule has 2 N–H and O–H groups in total. The summed E-state index contributed by atoms with van der Waals surface area (Å²) >= 11 is 0. The van der Waals surface area contributed by atoms with Gasteiger partial charge in [0.1, 0.15) is 5.75 Å². The monoisotopic (exact) mass is 261 g/mol. The maximum absolute atomic E-state index is 12.2. The van der Waals surface area contributed by atoms with Crippen molar-refractivity contribution in [3.05, 3.63) is 17.3 Å². The highest BCUT2D eigenvalue weighted by Gasteiger charge is 2.33. The first-order chi connectivity index (χ1) is 8.41. The van der Waals surface area contributed by atoms with Crippen LogP contribution >= 0.6 is 0 Å². The third kappa shape index (κ3) is 3.49. The van der Waals surface area contributed by atoms with E-state index in [1.165, 1.54) is 7.11 Å². The molecule has 0 aliphatic rings. The molecule has 0 radical (unpaired) electrons. The van der Waals surface area contributed by atoms with Crippen LogP contribution in [0.3, 0.4) is 0 Å². The average molecular weight is 261 g/mol. The second kappa shape index (κ2) is 5.55. The van der Waals surface area contributed by atoms with Crippen LogP contribution in [0, 0.1) is 11.3 Å². The van der Waals surface area contributed by atoms with Gasteiger partial charge in [-0.3, -0.25) is 0 Å². The van der Waals surface area contributed by atoms with Crippen LogP contribution in [0.5, 0.6) is 11.6 Å². The summed E-state index contributed by atoms with van der Waals surface area (Å²) < 4.78 is 45.3. The van der Waals surface area contributed by atoms with Crippen LogP contribution in [0.4, 0.5) is 13.2 Å². The van der Waals surface area contributed by atoms with Crippen LogP contribution in [0.15, 0.2) is 6.07 Å². The lowest BCUT2D eigenvalue weighted by Gasteiger charge is -2.15. The zero-order valence-electron chi connectivity index (χ0n) is 9.41. The predicted octanol–water partition coefficient (Wildman–Crippen LogP) is 1.51. The molecule has 0 atom stereocenters. The van der Waals surface area contributed by atoms with Gasteiger partial charge in [-0.2, -0.15) is 5.26 Å². The van der Waals surface area contributed by atoms with E-state index in [0.29, 0.717) is 0 Å². The maximum atomic E-state index is 12.2. The summed E-state index contributed by atoms with van der Waals surface area (Å²) in [5.41, 5.74) is 5.45. The van der Waals surface area contributed by atoms with Crippen molar-refractivity contribution in [2.24, 2.45) is 5.73 Å². The van der Waals surface area contributed by atoms with Gasteiger partial charge in [0, 0.05) is 12.6 Å². The number of rotatable bonds is 4. The van der Waals surface area contributed by atoms with Gasteiger partial charge in [0.05, 0.1) is 30.9 Å². The van der Waals surface area contributed by atoms with Gasteiger partial charge < -0.3 is 15.2 Å². The normalized spacial score (nSPS) is 10.9. The van der Waals surface area contributed by atoms with E-state index in [1.807, 2.05) is 0 Å². The fraction of sp³-hybridized carbons (Fsp3) is 0.400. The summed E-state index contributed by atoms with van der Waals surface area (Å²) in [6.07, 6.45) is -5.00. The molecule has 8 heteroatoms. The number of nitrogens with two attached hydrogens (primary N) is 1. The van der Waals surface area contributed by atoms with Crippen molar-refractivity contribution < 1.29 is 22.6 Å². The second-order valence-corrected chi connectivity index (χ2v) is 3.19. The lowest BCUT2D eigenvalue weighted by atomic mass is 10.2. The highest BCUT2D eigenvalue weighted by molar-refractivity contribution is 5.42. The minimum absolute atomic E-state index is 0.00323. The zero-order valence-corrected chi connectivity index (χ0v) is 9.41. The molecule has 98 valence electrons. The van der Waals surface area contributed by atoms with E-state index in [4.69, 9.17) is 15.7 Å². The van der Waals surface area contributed by atoms with Crippen molar-refractivity contribution >= 4 is 0 Å². The molecular formula is C10H10F3N3O2. The molecule has 0 saturated carbocycles. The Kier molecular flexibility index (Phi) is 4.33. The lowest BCUT2D eigenvalue weighted by Crippen LogP contribution is -2.19. The minimum atomic E-state index is -4.85. The van der Waals surface area contributed by atoms with Crippen molar-refractivity contribution in [1.82, 2.24) is 4.98 Å². The Morgan fingerprint density at radius 3 is 2.61 bits per heavy atom. The molecule has 1 aromatic heterocycles. The number of ether oxygens (including phenoxy) is 2. The van der Waals surface area contributed by atoms with Crippen LogP contribution in [0.1, 0.15) is 11.3 Å². The molecule has 0 amide bonds. The quantitative estimate of drug-likeness (QED) is 0.888. The smallest absolute Gasteiger partial charge is 0.481 e. The number of halogens is 3. The molecule has 0 aliphatic heterocycles. The second-order valence-electron chi connectivity index (χ2n) is 3.19. The Labute approximate surface area is 101 Å². The number of hydrogen-bond donors (Lipinski definition) is 1. The Hall–Kier alpha value is -2.01. The first kappa shape index (κ1) is 14.1. The van der Waals surface area contributed by atoms with Crippen molar-refractivity contribution in [2.45, 2.75) is 19.3 Å². The molecular weight excluding hydrogens is 251 g/mol. The molecule has 0 unspecified atom stereocenters. The van der Waals surface area contributed by atoms with Gasteiger partial charge >= 0.3 is 6.36 Å². The Bertz CT molecular complexity index is 469. The summed E-state index contributed by atoms with van der Waals surface area (Å²) in [7, 11) is 1.25. The Morgan fingerprint density at radius 2 is 2.17 bits per heavy atom. The first-order valence-electron chi connectivity index (χ1n) is 4.80. The third-order valence-corrected chi connectivity index (χ3v) is 1.98. The van der Waals surface area contributed by atoms with Gasteiger partial charge in [-0.25, -0.2) is 4.98 Å². The standard InChI is InChI=1S/C10H10F3N3O2/c1-17-9-7(5-15)8(18-10(11,12)13)4-6(16-9)2-3-14/h4H,2,5,15H2,1H3. The summed E-state index contributed by atoms with van der Waals surface area (Å²) in [5.74, 6) is -0.577. The molecule has 5 nitrogen and oxygen atoms in total. The van der Waals surface area contributed by atoms with Gasteiger partial charge in [-0.05, 0) is 0 Å². The number of methoxy groups -OCH3 is 1. The zero-order chi connectivity index (χ0) is 13.8. The molecule has 0 aliphatic carbocycles. The third-order valence-electron chi connectivity index (χ3n) is 1.98. The number of aromatic nitrogens is 1.